The zero-order valence-corrected chi connectivity index (χ0v) is 12.4. The van der Waals surface area contributed by atoms with Gasteiger partial charge >= 0.3 is 5.97 Å². The van der Waals surface area contributed by atoms with Crippen LogP contribution in [0.25, 0.3) is 0 Å². The maximum atomic E-state index is 11.5. The lowest BCUT2D eigenvalue weighted by molar-refractivity contribution is 0.0697. The van der Waals surface area contributed by atoms with Crippen LogP contribution in [0.2, 0.25) is 0 Å². The van der Waals surface area contributed by atoms with Gasteiger partial charge in [-0.3, -0.25) is 0 Å². The molecule has 1 atom stereocenters. The van der Waals surface area contributed by atoms with Crippen LogP contribution in [-0.2, 0) is 9.84 Å². The third-order valence-corrected chi connectivity index (χ3v) is 5.19. The van der Waals surface area contributed by atoms with E-state index in [1.54, 1.807) is 12.1 Å². The average Bonchev–Trinajstić information content (AvgIpc) is 2.43. The molecule has 2 N–H and O–H groups in total. The van der Waals surface area contributed by atoms with Crippen LogP contribution in [0.3, 0.4) is 0 Å². The van der Waals surface area contributed by atoms with Gasteiger partial charge in [0.05, 0.1) is 17.1 Å². The summed E-state index contributed by atoms with van der Waals surface area (Å²) in [5.74, 6) is 0.109. The van der Waals surface area contributed by atoms with E-state index in [4.69, 9.17) is 9.84 Å². The number of sulfone groups is 1. The molecule has 0 radical (unpaired) electrons. The second-order valence-electron chi connectivity index (χ2n) is 5.09. The molecule has 21 heavy (non-hydrogen) atoms. The molecule has 1 saturated heterocycles. The lowest BCUT2D eigenvalue weighted by atomic mass is 10.2. The summed E-state index contributed by atoms with van der Waals surface area (Å²) in [6.45, 7) is 0.962. The SMILES string of the molecule is O=C(O)c1ccc(OCCNC2CCCS(=O)(=O)C2)cc1. The highest BCUT2D eigenvalue weighted by Gasteiger charge is 2.23. The molecule has 0 aromatic heterocycles. The van der Waals surface area contributed by atoms with Gasteiger partial charge in [0.2, 0.25) is 0 Å². The summed E-state index contributed by atoms with van der Waals surface area (Å²) in [7, 11) is -2.89. The average molecular weight is 313 g/mol. The van der Waals surface area contributed by atoms with Crippen LogP contribution in [0, 0.1) is 0 Å². The fourth-order valence-corrected chi connectivity index (χ4v) is 3.98. The van der Waals surface area contributed by atoms with E-state index in [0.717, 1.165) is 6.42 Å². The van der Waals surface area contributed by atoms with E-state index >= 15 is 0 Å². The highest BCUT2D eigenvalue weighted by Crippen LogP contribution is 2.13. The van der Waals surface area contributed by atoms with Crippen LogP contribution in [0.1, 0.15) is 23.2 Å². The second kappa shape index (κ2) is 6.91. The predicted molar refractivity (Wildman–Crippen MR) is 78.6 cm³/mol. The van der Waals surface area contributed by atoms with Crippen LogP contribution < -0.4 is 10.1 Å². The van der Waals surface area contributed by atoms with E-state index in [2.05, 4.69) is 5.32 Å². The molecule has 0 amide bonds. The molecule has 116 valence electrons. The topological polar surface area (TPSA) is 92.7 Å². The van der Waals surface area contributed by atoms with Crippen molar-refractivity contribution in [3.8, 4) is 5.75 Å². The Labute approximate surface area is 124 Å². The van der Waals surface area contributed by atoms with Crippen LogP contribution >= 0.6 is 0 Å². The van der Waals surface area contributed by atoms with Crippen molar-refractivity contribution in [3.63, 3.8) is 0 Å². The fourth-order valence-electron chi connectivity index (χ4n) is 2.31. The maximum Gasteiger partial charge on any atom is 0.335 e. The Bertz CT molecular complexity index is 582. The maximum absolute atomic E-state index is 11.5. The fraction of sp³-hybridized carbons (Fsp3) is 0.500. The van der Waals surface area contributed by atoms with Crippen molar-refractivity contribution in [3.05, 3.63) is 29.8 Å². The van der Waals surface area contributed by atoms with Crippen molar-refractivity contribution in [2.75, 3.05) is 24.7 Å². The highest BCUT2D eigenvalue weighted by atomic mass is 32.2. The van der Waals surface area contributed by atoms with Gasteiger partial charge in [-0.25, -0.2) is 13.2 Å². The third-order valence-electron chi connectivity index (χ3n) is 3.37. The van der Waals surface area contributed by atoms with E-state index < -0.39 is 15.8 Å². The molecule has 7 heteroatoms. The quantitative estimate of drug-likeness (QED) is 0.759. The molecule has 6 nitrogen and oxygen atoms in total. The summed E-state index contributed by atoms with van der Waals surface area (Å²) in [5.41, 5.74) is 0.216. The van der Waals surface area contributed by atoms with Gasteiger partial charge in [0.1, 0.15) is 12.4 Å². The Kier molecular flexibility index (Phi) is 5.19. The minimum Gasteiger partial charge on any atom is -0.492 e. The van der Waals surface area contributed by atoms with Crippen molar-refractivity contribution in [1.82, 2.24) is 5.32 Å². The number of benzene rings is 1. The summed E-state index contributed by atoms with van der Waals surface area (Å²) in [5, 5.41) is 12.0. The third kappa shape index (κ3) is 5.02. The Balaban J connectivity index is 1.71. The molecule has 1 aliphatic heterocycles. The highest BCUT2D eigenvalue weighted by molar-refractivity contribution is 7.91. The molecule has 1 fully saturated rings. The molecule has 1 unspecified atom stereocenters. The lowest BCUT2D eigenvalue weighted by Crippen LogP contribution is -2.41. The molecular weight excluding hydrogens is 294 g/mol. The van der Waals surface area contributed by atoms with E-state index in [9.17, 15) is 13.2 Å². The van der Waals surface area contributed by atoms with Gasteiger partial charge in [0.15, 0.2) is 9.84 Å². The largest absolute Gasteiger partial charge is 0.492 e. The molecular formula is C14H19NO5S. The monoisotopic (exact) mass is 313 g/mol. The molecule has 2 rings (SSSR count). The number of hydrogen-bond donors (Lipinski definition) is 2. The Morgan fingerprint density at radius 3 is 2.67 bits per heavy atom. The first-order valence-corrected chi connectivity index (χ1v) is 8.68. The minimum absolute atomic E-state index is 0.00161. The van der Waals surface area contributed by atoms with E-state index in [1.165, 1.54) is 12.1 Å². The van der Waals surface area contributed by atoms with Crippen LogP contribution in [0.15, 0.2) is 24.3 Å². The number of hydrogen-bond acceptors (Lipinski definition) is 5. The Morgan fingerprint density at radius 2 is 2.05 bits per heavy atom. The van der Waals surface area contributed by atoms with Gasteiger partial charge < -0.3 is 15.2 Å². The summed E-state index contributed by atoms with van der Waals surface area (Å²) >= 11 is 0. The number of aromatic carboxylic acids is 1. The molecule has 1 aromatic carbocycles. The molecule has 1 aromatic rings. The standard InChI is InChI=1S/C14H19NO5S/c16-14(17)11-3-5-13(6-4-11)20-8-7-15-12-2-1-9-21(18,19)10-12/h3-6,12,15H,1-2,7-10H2,(H,16,17). The van der Waals surface area contributed by atoms with Gasteiger partial charge in [-0.05, 0) is 37.1 Å². The van der Waals surface area contributed by atoms with Crippen molar-refractivity contribution < 1.29 is 23.1 Å². The van der Waals surface area contributed by atoms with Crippen LogP contribution in [0.4, 0.5) is 0 Å². The number of carboxylic acids is 1. The summed E-state index contributed by atoms with van der Waals surface area (Å²) in [6, 6.07) is 6.18. The number of carbonyl (C=O) groups is 1. The second-order valence-corrected chi connectivity index (χ2v) is 7.31. The molecule has 1 heterocycles. The first-order chi connectivity index (χ1) is 9.96. The van der Waals surface area contributed by atoms with Crippen molar-refractivity contribution in [1.29, 1.82) is 0 Å². The first kappa shape index (κ1) is 15.8. The summed E-state index contributed by atoms with van der Waals surface area (Å²) in [4.78, 5) is 10.7. The summed E-state index contributed by atoms with van der Waals surface area (Å²) in [6.07, 6.45) is 1.57. The summed E-state index contributed by atoms with van der Waals surface area (Å²) < 4.78 is 28.4. The smallest absolute Gasteiger partial charge is 0.335 e. The number of rotatable bonds is 6. The molecule has 1 aliphatic rings. The van der Waals surface area contributed by atoms with E-state index in [0.29, 0.717) is 25.3 Å². The van der Waals surface area contributed by atoms with Crippen LogP contribution in [0.5, 0.6) is 5.75 Å². The van der Waals surface area contributed by atoms with E-state index in [1.807, 2.05) is 0 Å². The van der Waals surface area contributed by atoms with Crippen molar-refractivity contribution in [2.45, 2.75) is 18.9 Å². The molecule has 0 bridgehead atoms. The van der Waals surface area contributed by atoms with Gasteiger partial charge in [-0.1, -0.05) is 0 Å². The zero-order chi connectivity index (χ0) is 15.3. The molecule has 0 spiro atoms. The number of carboxylic acid groups (broad SMARTS) is 1. The Hall–Kier alpha value is -1.60. The van der Waals surface area contributed by atoms with Gasteiger partial charge in [-0.15, -0.1) is 0 Å². The zero-order valence-electron chi connectivity index (χ0n) is 11.6. The van der Waals surface area contributed by atoms with E-state index in [-0.39, 0.29) is 23.1 Å². The molecule has 0 aliphatic carbocycles. The normalized spacial score (nSPS) is 20.9. The minimum atomic E-state index is -2.89. The first-order valence-electron chi connectivity index (χ1n) is 6.86. The predicted octanol–water partition coefficient (Wildman–Crippen LogP) is 0.930. The lowest BCUT2D eigenvalue weighted by Gasteiger charge is -2.23. The number of ether oxygens (including phenoxy) is 1. The molecule has 0 saturated carbocycles. The van der Waals surface area contributed by atoms with Crippen LogP contribution in [-0.4, -0.2) is 50.2 Å². The number of nitrogens with one attached hydrogen (secondary N) is 1. The Morgan fingerprint density at radius 1 is 1.33 bits per heavy atom. The van der Waals surface area contributed by atoms with Crippen molar-refractivity contribution >= 4 is 15.8 Å². The van der Waals surface area contributed by atoms with Gasteiger partial charge in [-0.2, -0.15) is 0 Å². The van der Waals surface area contributed by atoms with Gasteiger partial charge in [0, 0.05) is 12.6 Å². The van der Waals surface area contributed by atoms with Gasteiger partial charge in [0.25, 0.3) is 0 Å². The van der Waals surface area contributed by atoms with Crippen molar-refractivity contribution in [2.24, 2.45) is 0 Å².